The molecular weight excluding hydrogens is 527 g/mol. The van der Waals surface area contributed by atoms with Gasteiger partial charge < -0.3 is 10.4 Å². The predicted molar refractivity (Wildman–Crippen MR) is 131 cm³/mol. The van der Waals surface area contributed by atoms with Gasteiger partial charge in [0.25, 0.3) is 5.91 Å². The number of carbonyl (C=O) groups is 2. The SMILES string of the molecule is Cc1ccncc1NC(=O)c1ncn2c1CN(CCC(C)C)S(=O)(=O)c1ccccc1-2.O=C(O)C(F)(F)F. The summed E-state index contributed by atoms with van der Waals surface area (Å²) in [5, 5.41) is 9.97. The second-order valence-electron chi connectivity index (χ2n) is 8.85. The minimum Gasteiger partial charge on any atom is -0.475 e. The molecule has 3 heterocycles. The minimum atomic E-state index is -5.08. The van der Waals surface area contributed by atoms with E-state index in [0.717, 1.165) is 5.56 Å². The smallest absolute Gasteiger partial charge is 0.475 e. The number of anilines is 1. The number of fused-ring (bicyclic) bond motifs is 3. The van der Waals surface area contributed by atoms with Crippen molar-refractivity contribution in [3.05, 3.63) is 66.0 Å². The van der Waals surface area contributed by atoms with Gasteiger partial charge in [-0.2, -0.15) is 17.5 Å². The van der Waals surface area contributed by atoms with Crippen molar-refractivity contribution >= 4 is 27.6 Å². The molecular formula is C24H26F3N5O5S. The normalized spacial score (nSPS) is 14.5. The maximum Gasteiger partial charge on any atom is 0.490 e. The number of aromatic nitrogens is 3. The number of rotatable bonds is 5. The molecule has 0 bridgehead atoms. The predicted octanol–water partition coefficient (Wildman–Crippen LogP) is 4.01. The second-order valence-corrected chi connectivity index (χ2v) is 10.8. The summed E-state index contributed by atoms with van der Waals surface area (Å²) in [6.45, 7) is 6.41. The molecule has 14 heteroatoms. The zero-order valence-corrected chi connectivity index (χ0v) is 21.5. The van der Waals surface area contributed by atoms with Gasteiger partial charge in [0.1, 0.15) is 11.2 Å². The first-order valence-corrected chi connectivity index (χ1v) is 12.8. The fourth-order valence-electron chi connectivity index (χ4n) is 3.57. The van der Waals surface area contributed by atoms with Gasteiger partial charge in [-0.25, -0.2) is 18.2 Å². The number of imidazole rings is 1. The molecule has 10 nitrogen and oxygen atoms in total. The molecule has 0 atom stereocenters. The van der Waals surface area contributed by atoms with E-state index in [-0.39, 0.29) is 17.1 Å². The van der Waals surface area contributed by atoms with Gasteiger partial charge in [-0.3, -0.25) is 14.3 Å². The molecule has 3 aromatic rings. The maximum atomic E-state index is 13.4. The fraction of sp³-hybridized carbons (Fsp3) is 0.333. The largest absolute Gasteiger partial charge is 0.490 e. The topological polar surface area (TPSA) is 134 Å². The van der Waals surface area contributed by atoms with Crippen LogP contribution in [0.4, 0.5) is 18.9 Å². The van der Waals surface area contributed by atoms with Crippen molar-refractivity contribution in [3.8, 4) is 5.69 Å². The minimum absolute atomic E-state index is 0.0680. The van der Waals surface area contributed by atoms with Gasteiger partial charge in [-0.05, 0) is 43.0 Å². The van der Waals surface area contributed by atoms with Gasteiger partial charge in [-0.1, -0.05) is 26.0 Å². The number of alkyl halides is 3. The number of aryl methyl sites for hydroxylation is 1. The number of nitrogens with zero attached hydrogens (tertiary/aromatic N) is 4. The number of amides is 1. The average molecular weight is 554 g/mol. The molecule has 1 aliphatic rings. The van der Waals surface area contributed by atoms with Crippen LogP contribution in [0.25, 0.3) is 5.69 Å². The molecule has 0 aliphatic carbocycles. The van der Waals surface area contributed by atoms with Crippen LogP contribution in [0.1, 0.15) is 42.0 Å². The van der Waals surface area contributed by atoms with Crippen LogP contribution in [0.2, 0.25) is 0 Å². The third-order valence-electron chi connectivity index (χ3n) is 5.64. The van der Waals surface area contributed by atoms with E-state index < -0.39 is 28.1 Å². The highest BCUT2D eigenvalue weighted by molar-refractivity contribution is 7.89. The molecule has 0 unspecified atom stereocenters. The number of benzene rings is 1. The number of nitrogens with one attached hydrogen (secondary N) is 1. The Kier molecular flexibility index (Phi) is 8.57. The number of para-hydroxylation sites is 1. The number of carbonyl (C=O) groups excluding carboxylic acids is 1. The summed E-state index contributed by atoms with van der Waals surface area (Å²) in [5.41, 5.74) is 2.70. The van der Waals surface area contributed by atoms with Crippen molar-refractivity contribution in [1.29, 1.82) is 0 Å². The maximum absolute atomic E-state index is 13.4. The van der Waals surface area contributed by atoms with Crippen LogP contribution < -0.4 is 5.32 Å². The number of carboxylic acids is 1. The summed E-state index contributed by atoms with van der Waals surface area (Å²) in [5.74, 6) is -2.81. The Morgan fingerprint density at radius 3 is 2.45 bits per heavy atom. The summed E-state index contributed by atoms with van der Waals surface area (Å²) < 4.78 is 61.7. The van der Waals surface area contributed by atoms with Gasteiger partial charge >= 0.3 is 12.1 Å². The molecule has 1 aromatic carbocycles. The number of pyridine rings is 1. The Bertz CT molecular complexity index is 1440. The zero-order chi connectivity index (χ0) is 28.3. The molecule has 4 rings (SSSR count). The highest BCUT2D eigenvalue weighted by Crippen LogP contribution is 2.32. The summed E-state index contributed by atoms with van der Waals surface area (Å²) in [7, 11) is -3.72. The Morgan fingerprint density at radius 1 is 1.18 bits per heavy atom. The lowest BCUT2D eigenvalue weighted by molar-refractivity contribution is -0.192. The Morgan fingerprint density at radius 2 is 1.84 bits per heavy atom. The van der Waals surface area contributed by atoms with Crippen molar-refractivity contribution in [2.45, 2.75) is 44.8 Å². The molecule has 0 spiro atoms. The molecule has 2 aromatic heterocycles. The number of carboxylic acid groups (broad SMARTS) is 1. The van der Waals surface area contributed by atoms with Crippen LogP contribution in [0.5, 0.6) is 0 Å². The quantitative estimate of drug-likeness (QED) is 0.488. The van der Waals surface area contributed by atoms with Gasteiger partial charge in [0.15, 0.2) is 5.69 Å². The molecule has 1 aliphatic heterocycles. The Balaban J connectivity index is 0.000000505. The first-order valence-electron chi connectivity index (χ1n) is 11.4. The van der Waals surface area contributed by atoms with Crippen molar-refractivity contribution in [1.82, 2.24) is 18.8 Å². The molecule has 0 fully saturated rings. The fourth-order valence-corrected chi connectivity index (χ4v) is 5.16. The van der Waals surface area contributed by atoms with E-state index in [1.54, 1.807) is 47.3 Å². The highest BCUT2D eigenvalue weighted by Gasteiger charge is 2.38. The summed E-state index contributed by atoms with van der Waals surface area (Å²) >= 11 is 0. The molecule has 204 valence electrons. The van der Waals surface area contributed by atoms with Crippen molar-refractivity contribution in [3.63, 3.8) is 0 Å². The van der Waals surface area contributed by atoms with Crippen LogP contribution in [0, 0.1) is 12.8 Å². The van der Waals surface area contributed by atoms with Crippen LogP contribution >= 0.6 is 0 Å². The molecule has 0 saturated heterocycles. The number of aliphatic carboxylic acids is 1. The molecule has 1 amide bonds. The first-order chi connectivity index (χ1) is 17.7. The summed E-state index contributed by atoms with van der Waals surface area (Å²) in [4.78, 5) is 30.6. The van der Waals surface area contributed by atoms with Gasteiger partial charge in [-0.15, -0.1) is 0 Å². The zero-order valence-electron chi connectivity index (χ0n) is 20.7. The van der Waals surface area contributed by atoms with E-state index >= 15 is 0 Å². The lowest BCUT2D eigenvalue weighted by atomic mass is 10.1. The van der Waals surface area contributed by atoms with Crippen LogP contribution in [-0.2, 0) is 21.4 Å². The van der Waals surface area contributed by atoms with E-state index in [2.05, 4.69) is 29.1 Å². The number of sulfonamides is 1. The first kappa shape index (κ1) is 28.8. The lowest BCUT2D eigenvalue weighted by Crippen LogP contribution is -2.32. The van der Waals surface area contributed by atoms with Crippen molar-refractivity contribution in [2.75, 3.05) is 11.9 Å². The number of hydrogen-bond donors (Lipinski definition) is 2. The third kappa shape index (κ3) is 6.37. The second kappa shape index (κ2) is 11.3. The lowest BCUT2D eigenvalue weighted by Gasteiger charge is -2.21. The van der Waals surface area contributed by atoms with E-state index in [4.69, 9.17) is 9.90 Å². The molecule has 0 radical (unpaired) electrons. The molecule has 38 heavy (non-hydrogen) atoms. The highest BCUT2D eigenvalue weighted by atomic mass is 32.2. The van der Waals surface area contributed by atoms with Crippen LogP contribution in [-0.4, -0.2) is 57.0 Å². The van der Waals surface area contributed by atoms with Crippen molar-refractivity contribution < 1.29 is 36.3 Å². The van der Waals surface area contributed by atoms with Gasteiger partial charge in [0.05, 0.1) is 29.8 Å². The summed E-state index contributed by atoms with van der Waals surface area (Å²) in [6, 6.07) is 8.62. The van der Waals surface area contributed by atoms with Crippen LogP contribution in [0.3, 0.4) is 0 Å². The summed E-state index contributed by atoms with van der Waals surface area (Å²) in [6.07, 6.45) is 0.380. The monoisotopic (exact) mass is 553 g/mol. The van der Waals surface area contributed by atoms with E-state index in [9.17, 15) is 26.4 Å². The van der Waals surface area contributed by atoms with Crippen LogP contribution in [0.15, 0.2) is 53.9 Å². The average Bonchev–Trinajstić information content (AvgIpc) is 3.22. The van der Waals surface area contributed by atoms with Gasteiger partial charge in [0.2, 0.25) is 10.0 Å². The standard InChI is InChI=1S/C22H25N5O3S.C2HF3O2/c1-15(2)9-11-26-13-19-21(22(28)25-17-12-23-10-8-16(17)3)24-14-27(19)18-6-4-5-7-20(18)31(26,29)30;3-2(4,5)1(6)7/h4-8,10,12,14-15H,9,11,13H2,1-3H3,(H,25,28);(H,6,7). The van der Waals surface area contributed by atoms with Crippen molar-refractivity contribution in [2.24, 2.45) is 5.92 Å². The van der Waals surface area contributed by atoms with E-state index in [0.29, 0.717) is 36.0 Å². The Hall–Kier alpha value is -3.78. The number of halogens is 3. The molecule has 0 saturated carbocycles. The third-order valence-corrected chi connectivity index (χ3v) is 7.53. The van der Waals surface area contributed by atoms with Gasteiger partial charge in [0, 0.05) is 12.7 Å². The van der Waals surface area contributed by atoms with E-state index in [1.165, 1.54) is 10.6 Å². The molecule has 2 N–H and O–H groups in total. The number of hydrogen-bond acceptors (Lipinski definition) is 6. The van der Waals surface area contributed by atoms with E-state index in [1.807, 2.05) is 6.92 Å². The Labute approximate surface area is 217 Å².